The Morgan fingerprint density at radius 1 is 1.00 bits per heavy atom. The molecule has 6 rings (SSSR count). The molecule has 2 N–H and O–H groups in total. The summed E-state index contributed by atoms with van der Waals surface area (Å²) in [5.74, 6) is 0.481. The second-order valence-electron chi connectivity index (χ2n) is 10.0. The Hall–Kier alpha value is -3.74. The third-order valence-electron chi connectivity index (χ3n) is 8.01. The van der Waals surface area contributed by atoms with Gasteiger partial charge in [0.1, 0.15) is 0 Å². The summed E-state index contributed by atoms with van der Waals surface area (Å²) in [6.07, 6.45) is 4.55. The number of likely N-dealkylation sites (tertiary alicyclic amines) is 1. The Kier molecular flexibility index (Phi) is 5.28. The minimum absolute atomic E-state index is 0.00239. The number of amides is 2. The van der Waals surface area contributed by atoms with E-state index in [1.54, 1.807) is 6.07 Å². The van der Waals surface area contributed by atoms with Gasteiger partial charge in [0.25, 0.3) is 11.5 Å². The number of benzene rings is 2. The highest BCUT2D eigenvalue weighted by atomic mass is 16.2. The molecule has 178 valence electrons. The lowest BCUT2D eigenvalue weighted by molar-refractivity contribution is -0.124. The van der Waals surface area contributed by atoms with Crippen LogP contribution in [0.1, 0.15) is 53.9 Å². The van der Waals surface area contributed by atoms with Gasteiger partial charge in [0.15, 0.2) is 0 Å². The Labute approximate surface area is 203 Å². The summed E-state index contributed by atoms with van der Waals surface area (Å²) in [6, 6.07) is 20.7. The van der Waals surface area contributed by atoms with Crippen LogP contribution in [-0.4, -0.2) is 45.0 Å². The van der Waals surface area contributed by atoms with Gasteiger partial charge in [-0.15, -0.1) is 0 Å². The molecule has 1 saturated heterocycles. The molecule has 2 amide bonds. The molecule has 2 saturated carbocycles. The van der Waals surface area contributed by atoms with E-state index in [0.717, 1.165) is 37.7 Å². The van der Waals surface area contributed by atoms with E-state index >= 15 is 0 Å². The van der Waals surface area contributed by atoms with Gasteiger partial charge in [-0.05, 0) is 61.8 Å². The molecule has 2 heterocycles. The Morgan fingerprint density at radius 2 is 1.80 bits per heavy atom. The molecule has 2 aromatic carbocycles. The largest absolute Gasteiger partial charge is 0.348 e. The van der Waals surface area contributed by atoms with Crippen LogP contribution in [0.4, 0.5) is 0 Å². The molecule has 1 aromatic heterocycles. The van der Waals surface area contributed by atoms with Crippen LogP contribution in [0.3, 0.4) is 0 Å². The van der Waals surface area contributed by atoms with E-state index < -0.39 is 0 Å². The number of hydrogen-bond acceptors (Lipinski definition) is 4. The van der Waals surface area contributed by atoms with Crippen LogP contribution >= 0.6 is 0 Å². The van der Waals surface area contributed by atoms with E-state index in [2.05, 4.69) is 27.6 Å². The molecule has 7 heteroatoms. The van der Waals surface area contributed by atoms with Crippen molar-refractivity contribution in [2.24, 2.45) is 5.92 Å². The molecule has 2 aliphatic carbocycles. The number of carbonyl (C=O) groups is 2. The Balaban J connectivity index is 1.14. The minimum Gasteiger partial charge on any atom is -0.348 e. The number of fused-ring (bicyclic) bond motifs is 1. The van der Waals surface area contributed by atoms with Crippen molar-refractivity contribution in [3.05, 3.63) is 88.2 Å². The first kappa shape index (κ1) is 21.8. The quantitative estimate of drug-likeness (QED) is 0.599. The van der Waals surface area contributed by atoms with E-state index in [9.17, 15) is 14.4 Å². The molecule has 7 nitrogen and oxygen atoms in total. The highest BCUT2D eigenvalue weighted by Gasteiger charge is 2.55. The maximum absolute atomic E-state index is 13.4. The molecule has 0 bridgehead atoms. The van der Waals surface area contributed by atoms with Gasteiger partial charge in [-0.2, -0.15) is 5.10 Å². The molecule has 2 unspecified atom stereocenters. The maximum Gasteiger partial charge on any atom is 0.264 e. The summed E-state index contributed by atoms with van der Waals surface area (Å²) in [5.41, 5.74) is 2.78. The molecular weight excluding hydrogens is 440 g/mol. The Bertz CT molecular complexity index is 1300. The lowest BCUT2D eigenvalue weighted by Crippen LogP contribution is -2.54. The van der Waals surface area contributed by atoms with Crippen molar-refractivity contribution in [2.75, 3.05) is 6.54 Å². The third kappa shape index (κ3) is 3.95. The molecule has 4 atom stereocenters. The Morgan fingerprint density at radius 3 is 2.54 bits per heavy atom. The summed E-state index contributed by atoms with van der Waals surface area (Å²) >= 11 is 0. The van der Waals surface area contributed by atoms with Crippen molar-refractivity contribution in [3.8, 4) is 11.3 Å². The molecule has 3 fully saturated rings. The number of rotatable bonds is 5. The average molecular weight is 469 g/mol. The highest BCUT2D eigenvalue weighted by molar-refractivity contribution is 5.95. The van der Waals surface area contributed by atoms with Crippen LogP contribution in [0.15, 0.2) is 71.5 Å². The highest BCUT2D eigenvalue weighted by Crippen LogP contribution is 2.49. The van der Waals surface area contributed by atoms with E-state index in [1.165, 1.54) is 11.6 Å². The van der Waals surface area contributed by atoms with Gasteiger partial charge >= 0.3 is 0 Å². The van der Waals surface area contributed by atoms with Crippen LogP contribution in [0.5, 0.6) is 0 Å². The van der Waals surface area contributed by atoms with Gasteiger partial charge in [0, 0.05) is 29.7 Å². The molecule has 0 radical (unpaired) electrons. The van der Waals surface area contributed by atoms with E-state index in [0.29, 0.717) is 23.7 Å². The number of nitrogens with zero attached hydrogens (tertiary/aromatic N) is 2. The predicted octanol–water partition coefficient (Wildman–Crippen LogP) is 3.49. The first-order valence-corrected chi connectivity index (χ1v) is 12.4. The summed E-state index contributed by atoms with van der Waals surface area (Å²) in [4.78, 5) is 39.8. The van der Waals surface area contributed by atoms with Gasteiger partial charge in [-0.3, -0.25) is 14.4 Å². The first-order valence-electron chi connectivity index (χ1n) is 12.4. The normalized spacial score (nSPS) is 26.9. The fourth-order valence-electron chi connectivity index (χ4n) is 6.07. The number of aromatic nitrogens is 2. The summed E-state index contributed by atoms with van der Waals surface area (Å²) in [6.45, 7) is 0.653. The SMILES string of the molecule is O=C(N[C@@]12CCC[C@@H]1N(C(=O)c1ccc(-c3ccc(=O)[nH]n3)cc1)CC2)C1CC1c1ccccc1. The van der Waals surface area contributed by atoms with E-state index in [-0.39, 0.29) is 34.9 Å². The second-order valence-corrected chi connectivity index (χ2v) is 10.0. The number of H-pyrrole nitrogens is 1. The van der Waals surface area contributed by atoms with Gasteiger partial charge in [0.2, 0.25) is 5.91 Å². The van der Waals surface area contributed by atoms with Crippen LogP contribution in [0.2, 0.25) is 0 Å². The van der Waals surface area contributed by atoms with Crippen LogP contribution in [0, 0.1) is 5.92 Å². The topological polar surface area (TPSA) is 95.2 Å². The molecule has 0 spiro atoms. The zero-order valence-electron chi connectivity index (χ0n) is 19.4. The zero-order chi connectivity index (χ0) is 24.0. The van der Waals surface area contributed by atoms with Crippen LogP contribution in [0.25, 0.3) is 11.3 Å². The van der Waals surface area contributed by atoms with Crippen molar-refractivity contribution in [1.82, 2.24) is 20.4 Å². The summed E-state index contributed by atoms with van der Waals surface area (Å²) in [5, 5.41) is 9.90. The van der Waals surface area contributed by atoms with Crippen LogP contribution < -0.4 is 10.9 Å². The van der Waals surface area contributed by atoms with Crippen molar-refractivity contribution >= 4 is 11.8 Å². The number of nitrogens with one attached hydrogen (secondary N) is 2. The standard InChI is InChI=1S/C28H28N4O3/c33-25-13-12-23(30-31-25)19-8-10-20(11-9-19)27(35)32-16-15-28(14-4-7-24(28)32)29-26(34)22-17-21(22)18-5-2-1-3-6-18/h1-3,5-6,8-13,21-22,24H,4,7,14-17H2,(H,29,34)(H,31,33)/t21?,22?,24-,28+/m0/s1. The molecule has 35 heavy (non-hydrogen) atoms. The van der Waals surface area contributed by atoms with Gasteiger partial charge < -0.3 is 10.2 Å². The average Bonchev–Trinajstić information content (AvgIpc) is 3.49. The minimum atomic E-state index is -0.309. The number of hydrogen-bond donors (Lipinski definition) is 2. The molecule has 3 aromatic rings. The van der Waals surface area contributed by atoms with Crippen molar-refractivity contribution in [3.63, 3.8) is 0 Å². The number of aromatic amines is 1. The lowest BCUT2D eigenvalue weighted by Gasteiger charge is -2.33. The van der Waals surface area contributed by atoms with Crippen molar-refractivity contribution < 1.29 is 9.59 Å². The lowest BCUT2D eigenvalue weighted by atomic mass is 9.92. The smallest absolute Gasteiger partial charge is 0.264 e. The monoisotopic (exact) mass is 468 g/mol. The fraction of sp³-hybridized carbons (Fsp3) is 0.357. The molecular formula is C28H28N4O3. The maximum atomic E-state index is 13.4. The first-order chi connectivity index (χ1) is 17.0. The van der Waals surface area contributed by atoms with Gasteiger partial charge in [-0.1, -0.05) is 42.5 Å². The van der Waals surface area contributed by atoms with Gasteiger partial charge in [-0.25, -0.2) is 5.10 Å². The van der Waals surface area contributed by atoms with Crippen molar-refractivity contribution in [1.29, 1.82) is 0 Å². The third-order valence-corrected chi connectivity index (χ3v) is 8.01. The predicted molar refractivity (Wildman–Crippen MR) is 132 cm³/mol. The van der Waals surface area contributed by atoms with Crippen molar-refractivity contribution in [2.45, 2.75) is 49.6 Å². The number of carbonyl (C=O) groups excluding carboxylic acids is 2. The van der Waals surface area contributed by atoms with E-state index in [1.807, 2.05) is 47.4 Å². The summed E-state index contributed by atoms with van der Waals surface area (Å²) < 4.78 is 0. The molecule has 3 aliphatic rings. The van der Waals surface area contributed by atoms with Crippen LogP contribution in [-0.2, 0) is 4.79 Å². The zero-order valence-corrected chi connectivity index (χ0v) is 19.4. The fourth-order valence-corrected chi connectivity index (χ4v) is 6.07. The van der Waals surface area contributed by atoms with E-state index in [4.69, 9.17) is 0 Å². The van der Waals surface area contributed by atoms with Gasteiger partial charge in [0.05, 0.1) is 17.3 Å². The second kappa shape index (κ2) is 8.48. The molecule has 1 aliphatic heterocycles. The summed E-state index contributed by atoms with van der Waals surface area (Å²) in [7, 11) is 0.